The van der Waals surface area contributed by atoms with Crippen LogP contribution < -0.4 is 10.1 Å². The van der Waals surface area contributed by atoms with Crippen molar-refractivity contribution >= 4 is 16.9 Å². The van der Waals surface area contributed by atoms with Crippen molar-refractivity contribution in [3.05, 3.63) is 58.7 Å². The lowest BCUT2D eigenvalue weighted by Gasteiger charge is -2.34. The fourth-order valence-corrected chi connectivity index (χ4v) is 5.94. The van der Waals surface area contributed by atoms with Gasteiger partial charge in [-0.15, -0.1) is 13.2 Å². The first-order chi connectivity index (χ1) is 18.2. The number of benzene rings is 1. The average Bonchev–Trinajstić information content (AvgIpc) is 3.23. The van der Waals surface area contributed by atoms with Gasteiger partial charge in [-0.2, -0.15) is 0 Å². The quantitative estimate of drug-likeness (QED) is 0.475. The van der Waals surface area contributed by atoms with E-state index in [1.54, 1.807) is 4.90 Å². The number of piperidine rings is 1. The number of aromatic nitrogens is 2. The van der Waals surface area contributed by atoms with E-state index in [4.69, 9.17) is 4.74 Å². The van der Waals surface area contributed by atoms with E-state index in [1.165, 1.54) is 18.3 Å². The van der Waals surface area contributed by atoms with Crippen LogP contribution in [0.15, 0.2) is 30.5 Å². The molecule has 1 amide bonds. The molecule has 1 atom stereocenters. The highest BCUT2D eigenvalue weighted by atomic mass is 19.4. The number of ether oxygens (including phenoxy) is 2. The van der Waals surface area contributed by atoms with Gasteiger partial charge < -0.3 is 24.7 Å². The van der Waals surface area contributed by atoms with E-state index in [-0.39, 0.29) is 29.0 Å². The molecule has 0 bridgehead atoms. The topological polar surface area (TPSA) is 79.5 Å². The number of hydrogen-bond acceptors (Lipinski definition) is 5. The van der Waals surface area contributed by atoms with Crippen LogP contribution in [0.2, 0.25) is 0 Å². The lowest BCUT2D eigenvalue weighted by molar-refractivity contribution is -0.274. The van der Waals surface area contributed by atoms with Gasteiger partial charge in [0.05, 0.1) is 25.5 Å². The molecule has 3 aromatic rings. The molecule has 38 heavy (non-hydrogen) atoms. The number of likely N-dealkylation sites (tertiary alicyclic amines) is 1. The predicted molar refractivity (Wildman–Crippen MR) is 131 cm³/mol. The smallest absolute Gasteiger partial charge is 0.406 e. The number of pyridine rings is 1. The Balaban J connectivity index is 1.17. The molecule has 0 radical (unpaired) electrons. The number of carbonyl (C=O) groups excluding carboxylic acids is 1. The molecule has 7 nitrogen and oxygen atoms in total. The van der Waals surface area contributed by atoms with Gasteiger partial charge in [0.2, 0.25) is 0 Å². The van der Waals surface area contributed by atoms with Crippen LogP contribution in [0.4, 0.5) is 17.6 Å². The number of alkyl halides is 3. The van der Waals surface area contributed by atoms with E-state index >= 15 is 4.39 Å². The lowest BCUT2D eigenvalue weighted by atomic mass is 9.84. The molecule has 11 heteroatoms. The van der Waals surface area contributed by atoms with E-state index in [9.17, 15) is 18.0 Å². The molecule has 1 aliphatic carbocycles. The second-order valence-electron chi connectivity index (χ2n) is 10.3. The Bertz CT molecular complexity index is 1330. The van der Waals surface area contributed by atoms with Crippen LogP contribution >= 0.6 is 0 Å². The number of aryl methyl sites for hydroxylation is 1. The van der Waals surface area contributed by atoms with Crippen LogP contribution in [0, 0.1) is 5.82 Å². The summed E-state index contributed by atoms with van der Waals surface area (Å²) in [6.45, 7) is 2.29. The molecule has 2 N–H and O–H groups in total. The maximum atomic E-state index is 15.3. The molecule has 2 saturated heterocycles. The van der Waals surface area contributed by atoms with Gasteiger partial charge in [0.15, 0.2) is 0 Å². The average molecular weight is 533 g/mol. The van der Waals surface area contributed by atoms with E-state index in [1.807, 2.05) is 0 Å². The van der Waals surface area contributed by atoms with E-state index in [0.29, 0.717) is 49.2 Å². The number of amides is 1. The number of rotatable bonds is 5. The molecule has 4 heterocycles. The van der Waals surface area contributed by atoms with E-state index in [0.717, 1.165) is 61.3 Å². The van der Waals surface area contributed by atoms with Crippen molar-refractivity contribution in [2.45, 2.75) is 56.5 Å². The number of halogens is 4. The van der Waals surface area contributed by atoms with Crippen molar-refractivity contribution in [1.82, 2.24) is 20.2 Å². The summed E-state index contributed by atoms with van der Waals surface area (Å²) in [7, 11) is 0. The summed E-state index contributed by atoms with van der Waals surface area (Å²) in [5, 5.41) is 4.53. The number of fused-ring (bicyclic) bond motifs is 3. The van der Waals surface area contributed by atoms with Crippen molar-refractivity contribution in [3.8, 4) is 5.75 Å². The second-order valence-corrected chi connectivity index (χ2v) is 10.3. The molecule has 202 valence electrons. The maximum absolute atomic E-state index is 15.3. The Morgan fingerprint density at radius 3 is 2.50 bits per heavy atom. The number of nitrogens with zero attached hydrogens (tertiary/aromatic N) is 2. The van der Waals surface area contributed by atoms with Crippen LogP contribution in [0.5, 0.6) is 5.75 Å². The zero-order valence-corrected chi connectivity index (χ0v) is 20.6. The monoisotopic (exact) mass is 532 g/mol. The predicted octanol–water partition coefficient (Wildman–Crippen LogP) is 4.47. The van der Waals surface area contributed by atoms with Crippen LogP contribution in [0.25, 0.3) is 11.0 Å². The van der Waals surface area contributed by atoms with Crippen LogP contribution in [0.3, 0.4) is 0 Å². The third-order valence-corrected chi connectivity index (χ3v) is 7.83. The summed E-state index contributed by atoms with van der Waals surface area (Å²) in [6, 6.07) is 5.59. The Kier molecular flexibility index (Phi) is 6.51. The van der Waals surface area contributed by atoms with Crippen LogP contribution in [-0.2, 0) is 17.6 Å². The molecule has 0 spiro atoms. The number of carbonyl (C=O) groups is 1. The third kappa shape index (κ3) is 4.96. The largest absolute Gasteiger partial charge is 0.573 e. The maximum Gasteiger partial charge on any atom is 0.573 e. The van der Waals surface area contributed by atoms with Gasteiger partial charge in [0.1, 0.15) is 17.2 Å². The summed E-state index contributed by atoms with van der Waals surface area (Å²) in [5.74, 6) is -1.04. The molecule has 3 aliphatic rings. The van der Waals surface area contributed by atoms with Crippen molar-refractivity contribution in [2.24, 2.45) is 0 Å². The number of nitrogens with one attached hydrogen (secondary N) is 2. The van der Waals surface area contributed by atoms with Crippen molar-refractivity contribution < 1.29 is 31.8 Å². The van der Waals surface area contributed by atoms with Gasteiger partial charge >= 0.3 is 6.36 Å². The molecular weight excluding hydrogens is 504 g/mol. The van der Waals surface area contributed by atoms with Crippen molar-refractivity contribution in [3.63, 3.8) is 0 Å². The summed E-state index contributed by atoms with van der Waals surface area (Å²) >= 11 is 0. The zero-order valence-electron chi connectivity index (χ0n) is 20.6. The minimum Gasteiger partial charge on any atom is -0.406 e. The van der Waals surface area contributed by atoms with Crippen LogP contribution in [-0.4, -0.2) is 65.5 Å². The lowest BCUT2D eigenvalue weighted by Crippen LogP contribution is -2.51. The normalized spacial score (nSPS) is 20.8. The van der Waals surface area contributed by atoms with Crippen molar-refractivity contribution in [1.29, 1.82) is 0 Å². The van der Waals surface area contributed by atoms with Gasteiger partial charge in [-0.1, -0.05) is 0 Å². The Morgan fingerprint density at radius 2 is 1.84 bits per heavy atom. The van der Waals surface area contributed by atoms with Gasteiger partial charge in [0, 0.05) is 41.3 Å². The highest BCUT2D eigenvalue weighted by Gasteiger charge is 2.33. The molecule has 1 aromatic carbocycles. The number of hydrogen-bond donors (Lipinski definition) is 2. The fourth-order valence-electron chi connectivity index (χ4n) is 5.94. The summed E-state index contributed by atoms with van der Waals surface area (Å²) in [4.78, 5) is 22.4. The zero-order chi connectivity index (χ0) is 26.4. The molecule has 2 aromatic heterocycles. The first-order valence-corrected chi connectivity index (χ1v) is 12.9. The molecule has 0 unspecified atom stereocenters. The summed E-state index contributed by atoms with van der Waals surface area (Å²) in [5.41, 5.74) is 3.91. The summed E-state index contributed by atoms with van der Waals surface area (Å²) < 4.78 is 61.7. The Morgan fingerprint density at radius 1 is 1.11 bits per heavy atom. The Hall–Kier alpha value is -3.18. The highest BCUT2D eigenvalue weighted by molar-refractivity contribution is 5.94. The third-order valence-electron chi connectivity index (χ3n) is 7.83. The SMILES string of the molecule is O=C(c1ccc(OC(F)(F)F)cc1)N1CCC(c2c(F)cnc3[nH]c4c(c23)C[C@H](NC2COC2)CC4)CC1. The van der Waals surface area contributed by atoms with Gasteiger partial charge in [-0.3, -0.25) is 4.79 Å². The number of aromatic amines is 1. The molecule has 2 aliphatic heterocycles. The second kappa shape index (κ2) is 9.85. The standard InChI is InChI=1S/C27H28F4N4O3/c28-21-12-32-25-24(20-11-17(3-6-22(20)34-25)33-18-13-37-14-18)23(21)15-7-9-35(10-8-15)26(36)16-1-4-19(5-2-16)38-27(29,30)31/h1-2,4-5,12,15,17-18,33H,3,6-11,13-14H2,(H,32,34)/t17-/m1/s1. The van der Waals surface area contributed by atoms with Gasteiger partial charge in [-0.05, 0) is 67.9 Å². The molecule has 6 rings (SSSR count). The minimum absolute atomic E-state index is 0.0691. The van der Waals surface area contributed by atoms with E-state index in [2.05, 4.69) is 20.0 Å². The van der Waals surface area contributed by atoms with Gasteiger partial charge in [-0.25, -0.2) is 9.37 Å². The fraction of sp³-hybridized carbons (Fsp3) is 0.481. The highest BCUT2D eigenvalue weighted by Crippen LogP contribution is 2.39. The first-order valence-electron chi connectivity index (χ1n) is 12.9. The van der Waals surface area contributed by atoms with Gasteiger partial charge in [0.25, 0.3) is 5.91 Å². The van der Waals surface area contributed by atoms with Crippen molar-refractivity contribution in [2.75, 3.05) is 26.3 Å². The number of H-pyrrole nitrogens is 1. The van der Waals surface area contributed by atoms with Crippen LogP contribution in [0.1, 0.15) is 52.4 Å². The molecule has 2 fully saturated rings. The Labute approximate surface area is 216 Å². The first kappa shape index (κ1) is 25.1. The minimum atomic E-state index is -4.79. The molecular formula is C27H28F4N4O3. The molecule has 0 saturated carbocycles. The summed E-state index contributed by atoms with van der Waals surface area (Å²) in [6.07, 6.45) is 0.326. The van der Waals surface area contributed by atoms with E-state index < -0.39 is 6.36 Å².